The summed E-state index contributed by atoms with van der Waals surface area (Å²) in [6.07, 6.45) is 2.22. The summed E-state index contributed by atoms with van der Waals surface area (Å²) in [4.78, 5) is 2.26. The third kappa shape index (κ3) is 2.35. The third-order valence-corrected chi connectivity index (χ3v) is 3.27. The summed E-state index contributed by atoms with van der Waals surface area (Å²) in [5, 5.41) is 0. The zero-order valence-electron chi connectivity index (χ0n) is 9.87. The maximum atomic E-state index is 13.9. The monoisotopic (exact) mass is 223 g/mol. The first-order valence-electron chi connectivity index (χ1n) is 5.72. The number of nitrogens with zero attached hydrogens (tertiary/aromatic N) is 1. The lowest BCUT2D eigenvalue weighted by Crippen LogP contribution is -2.31. The largest absolute Gasteiger partial charge is 0.497 e. The summed E-state index contributed by atoms with van der Waals surface area (Å²) < 4.78 is 18.9. The molecule has 0 radical (unpaired) electrons. The van der Waals surface area contributed by atoms with E-state index in [0.717, 1.165) is 31.5 Å². The summed E-state index contributed by atoms with van der Waals surface area (Å²) in [6, 6.07) is 5.18. The molecule has 0 amide bonds. The molecule has 0 saturated carbocycles. The van der Waals surface area contributed by atoms with Crippen molar-refractivity contribution in [1.29, 1.82) is 0 Å². The molecule has 1 unspecified atom stereocenters. The number of likely N-dealkylation sites (tertiary alicyclic amines) is 1. The van der Waals surface area contributed by atoms with E-state index in [1.807, 2.05) is 12.1 Å². The van der Waals surface area contributed by atoms with Crippen LogP contribution in [-0.2, 0) is 0 Å². The van der Waals surface area contributed by atoms with Crippen molar-refractivity contribution in [2.75, 3.05) is 27.2 Å². The molecule has 0 bridgehead atoms. The van der Waals surface area contributed by atoms with Gasteiger partial charge >= 0.3 is 0 Å². The normalized spacial score (nSPS) is 22.1. The molecule has 16 heavy (non-hydrogen) atoms. The molecule has 1 atom stereocenters. The van der Waals surface area contributed by atoms with Gasteiger partial charge in [-0.15, -0.1) is 0 Å². The molecule has 3 heteroatoms. The molecule has 1 fully saturated rings. The number of methoxy groups -OCH3 is 1. The Hall–Kier alpha value is -1.09. The number of piperidine rings is 1. The minimum absolute atomic E-state index is 0.139. The van der Waals surface area contributed by atoms with Crippen LogP contribution in [0.2, 0.25) is 0 Å². The Bertz CT molecular complexity index is 367. The highest BCUT2D eigenvalue weighted by Gasteiger charge is 2.21. The number of halogens is 1. The standard InChI is InChI=1S/C13H18FNO/c1-15-7-3-4-10(9-15)12-6-5-11(16-2)8-13(12)14/h5-6,8,10H,3-4,7,9H2,1-2H3. The Kier molecular flexibility index (Phi) is 3.44. The first kappa shape index (κ1) is 11.4. The average Bonchev–Trinajstić information content (AvgIpc) is 2.28. The minimum Gasteiger partial charge on any atom is -0.497 e. The minimum atomic E-state index is -0.139. The smallest absolute Gasteiger partial charge is 0.130 e. The maximum absolute atomic E-state index is 13.9. The van der Waals surface area contributed by atoms with Gasteiger partial charge in [0, 0.05) is 12.6 Å². The van der Waals surface area contributed by atoms with Gasteiger partial charge in [-0.3, -0.25) is 0 Å². The molecule has 1 aliphatic rings. The first-order valence-corrected chi connectivity index (χ1v) is 5.72. The van der Waals surface area contributed by atoms with Gasteiger partial charge < -0.3 is 9.64 Å². The Balaban J connectivity index is 2.19. The fraction of sp³-hybridized carbons (Fsp3) is 0.538. The average molecular weight is 223 g/mol. The van der Waals surface area contributed by atoms with E-state index < -0.39 is 0 Å². The lowest BCUT2D eigenvalue weighted by molar-refractivity contribution is 0.248. The molecule has 0 aromatic heterocycles. The van der Waals surface area contributed by atoms with Crippen LogP contribution in [-0.4, -0.2) is 32.1 Å². The summed E-state index contributed by atoms with van der Waals surface area (Å²) in [5.74, 6) is 0.773. The Morgan fingerprint density at radius 3 is 2.88 bits per heavy atom. The second-order valence-corrected chi connectivity index (χ2v) is 4.49. The molecule has 0 spiro atoms. The van der Waals surface area contributed by atoms with Gasteiger partial charge in [-0.05, 0) is 44.0 Å². The van der Waals surface area contributed by atoms with Crippen LogP contribution >= 0.6 is 0 Å². The fourth-order valence-electron chi connectivity index (χ4n) is 2.39. The van der Waals surface area contributed by atoms with Gasteiger partial charge in [-0.25, -0.2) is 4.39 Å². The number of ether oxygens (including phenoxy) is 1. The SMILES string of the molecule is COc1ccc(C2CCCN(C)C2)c(F)c1. The van der Waals surface area contributed by atoms with Crippen molar-refractivity contribution in [3.05, 3.63) is 29.6 Å². The summed E-state index contributed by atoms with van der Waals surface area (Å²) in [6.45, 7) is 2.07. The summed E-state index contributed by atoms with van der Waals surface area (Å²) in [5.41, 5.74) is 0.826. The number of hydrogen-bond acceptors (Lipinski definition) is 2. The molecule has 1 aromatic rings. The molecule has 2 rings (SSSR count). The number of hydrogen-bond donors (Lipinski definition) is 0. The summed E-state index contributed by atoms with van der Waals surface area (Å²) in [7, 11) is 3.65. The van der Waals surface area contributed by atoms with Crippen LogP contribution in [0.25, 0.3) is 0 Å². The molecule has 0 N–H and O–H groups in total. The quantitative estimate of drug-likeness (QED) is 0.764. The maximum Gasteiger partial charge on any atom is 0.130 e. The first-order chi connectivity index (χ1) is 7.70. The molecule has 1 heterocycles. The molecule has 1 saturated heterocycles. The number of rotatable bonds is 2. The Morgan fingerprint density at radius 2 is 2.25 bits per heavy atom. The van der Waals surface area contributed by atoms with Gasteiger partial charge in [0.05, 0.1) is 7.11 Å². The molecule has 88 valence electrons. The Morgan fingerprint density at radius 1 is 1.44 bits per heavy atom. The van der Waals surface area contributed by atoms with Crippen LogP contribution in [0.1, 0.15) is 24.3 Å². The van der Waals surface area contributed by atoms with Crippen molar-refractivity contribution in [2.24, 2.45) is 0 Å². The van der Waals surface area contributed by atoms with Gasteiger partial charge in [0.25, 0.3) is 0 Å². The topological polar surface area (TPSA) is 12.5 Å². The van der Waals surface area contributed by atoms with Crippen LogP contribution in [0, 0.1) is 5.82 Å². The zero-order chi connectivity index (χ0) is 11.5. The lowest BCUT2D eigenvalue weighted by Gasteiger charge is -2.30. The Labute approximate surface area is 96.0 Å². The second kappa shape index (κ2) is 4.83. The fourth-order valence-corrected chi connectivity index (χ4v) is 2.39. The van der Waals surface area contributed by atoms with Gasteiger partial charge in [-0.2, -0.15) is 0 Å². The van der Waals surface area contributed by atoms with Crippen molar-refractivity contribution in [3.8, 4) is 5.75 Å². The molecule has 1 aromatic carbocycles. The van der Waals surface area contributed by atoms with Crippen LogP contribution in [0.15, 0.2) is 18.2 Å². The van der Waals surface area contributed by atoms with E-state index in [-0.39, 0.29) is 5.82 Å². The number of likely N-dealkylation sites (N-methyl/N-ethyl adjacent to an activating group) is 1. The van der Waals surface area contributed by atoms with Crippen LogP contribution in [0.3, 0.4) is 0 Å². The van der Waals surface area contributed by atoms with E-state index >= 15 is 0 Å². The van der Waals surface area contributed by atoms with Crippen molar-refractivity contribution < 1.29 is 9.13 Å². The van der Waals surface area contributed by atoms with E-state index in [2.05, 4.69) is 11.9 Å². The third-order valence-electron chi connectivity index (χ3n) is 3.27. The van der Waals surface area contributed by atoms with Gasteiger partial charge in [0.15, 0.2) is 0 Å². The van der Waals surface area contributed by atoms with E-state index in [1.165, 1.54) is 6.07 Å². The molecule has 0 aliphatic carbocycles. The molecule has 1 aliphatic heterocycles. The van der Waals surface area contributed by atoms with Gasteiger partial charge in [-0.1, -0.05) is 6.07 Å². The van der Waals surface area contributed by atoms with Crippen molar-refractivity contribution >= 4 is 0 Å². The predicted molar refractivity (Wildman–Crippen MR) is 62.4 cm³/mol. The highest BCUT2D eigenvalue weighted by molar-refractivity contribution is 5.31. The van der Waals surface area contributed by atoms with Gasteiger partial charge in [0.2, 0.25) is 0 Å². The van der Waals surface area contributed by atoms with E-state index in [9.17, 15) is 4.39 Å². The highest BCUT2D eigenvalue weighted by atomic mass is 19.1. The van der Waals surface area contributed by atoms with Crippen LogP contribution in [0.5, 0.6) is 5.75 Å². The molecular weight excluding hydrogens is 205 g/mol. The highest BCUT2D eigenvalue weighted by Crippen LogP contribution is 2.29. The van der Waals surface area contributed by atoms with E-state index in [4.69, 9.17) is 4.74 Å². The molecule has 2 nitrogen and oxygen atoms in total. The number of benzene rings is 1. The summed E-state index contributed by atoms with van der Waals surface area (Å²) >= 11 is 0. The zero-order valence-corrected chi connectivity index (χ0v) is 9.87. The second-order valence-electron chi connectivity index (χ2n) is 4.49. The van der Waals surface area contributed by atoms with Gasteiger partial charge in [0.1, 0.15) is 11.6 Å². The van der Waals surface area contributed by atoms with E-state index in [0.29, 0.717) is 11.7 Å². The predicted octanol–water partition coefficient (Wildman–Crippen LogP) is 2.64. The van der Waals surface area contributed by atoms with E-state index in [1.54, 1.807) is 7.11 Å². The lowest BCUT2D eigenvalue weighted by atomic mass is 9.90. The van der Waals surface area contributed by atoms with Crippen molar-refractivity contribution in [2.45, 2.75) is 18.8 Å². The molecular formula is C13H18FNO. The van der Waals surface area contributed by atoms with Crippen molar-refractivity contribution in [1.82, 2.24) is 4.90 Å². The van der Waals surface area contributed by atoms with Crippen molar-refractivity contribution in [3.63, 3.8) is 0 Å². The van der Waals surface area contributed by atoms with Crippen LogP contribution < -0.4 is 4.74 Å². The van der Waals surface area contributed by atoms with Crippen LogP contribution in [0.4, 0.5) is 4.39 Å².